The van der Waals surface area contributed by atoms with Crippen molar-refractivity contribution < 1.29 is 19.7 Å². The summed E-state index contributed by atoms with van der Waals surface area (Å²) < 4.78 is 0. The van der Waals surface area contributed by atoms with Gasteiger partial charge in [0.15, 0.2) is 10.1 Å². The number of carbonyl (C=O) groups is 2. The molecule has 10 heteroatoms. The van der Waals surface area contributed by atoms with Gasteiger partial charge in [-0.2, -0.15) is 0 Å². The normalized spacial score (nSPS) is 16.2. The maximum Gasteiger partial charge on any atom is 0.446 e. The van der Waals surface area contributed by atoms with Crippen molar-refractivity contribution in [3.05, 3.63) is 92.0 Å². The quantitative estimate of drug-likeness (QED) is 0.471. The number of carbonyl (C=O) groups excluding carboxylic acids is 2. The molecule has 0 N–H and O–H groups in total. The molecule has 2 aromatic carbocycles. The molecule has 1 heterocycles. The summed E-state index contributed by atoms with van der Waals surface area (Å²) in [6, 6.07) is 13.3. The fraction of sp³-hybridized carbons (Fsp3) is 0.0667. The number of nitrogens with zero attached hydrogens (tertiary/aromatic N) is 4. The van der Waals surface area contributed by atoms with Crippen molar-refractivity contribution in [3.63, 3.8) is 0 Å². The minimum absolute atomic E-state index is 0.00278. The van der Waals surface area contributed by atoms with E-state index >= 15 is 0 Å². The number of benzene rings is 2. The Labute approximate surface area is 140 Å². The molecule has 1 fully saturated rings. The lowest BCUT2D eigenvalue weighted by atomic mass is 9.82. The van der Waals surface area contributed by atoms with Gasteiger partial charge in [-0.15, -0.1) is 0 Å². The number of hydrazine groups is 2. The molecule has 3 amide bonds. The Bertz CT molecular complexity index is 831. The second-order valence-electron chi connectivity index (χ2n) is 5.13. The zero-order chi connectivity index (χ0) is 18.2. The van der Waals surface area contributed by atoms with Crippen molar-refractivity contribution in [3.8, 4) is 0 Å². The molecule has 0 radical (unpaired) electrons. The van der Waals surface area contributed by atoms with Crippen LogP contribution < -0.4 is 0 Å². The van der Waals surface area contributed by atoms with Crippen LogP contribution in [0, 0.1) is 20.2 Å². The van der Waals surface area contributed by atoms with Gasteiger partial charge in [0.1, 0.15) is 0 Å². The number of hydrogen-bond acceptors (Lipinski definition) is 6. The van der Waals surface area contributed by atoms with Gasteiger partial charge >= 0.3 is 11.9 Å². The Morgan fingerprint density at radius 1 is 0.760 bits per heavy atom. The number of rotatable bonds is 4. The van der Waals surface area contributed by atoms with E-state index < -0.39 is 27.5 Å². The topological polar surface area (TPSA) is 127 Å². The Morgan fingerprint density at radius 3 is 1.56 bits per heavy atom. The van der Waals surface area contributed by atoms with Crippen molar-refractivity contribution in [2.45, 2.75) is 5.54 Å². The summed E-state index contributed by atoms with van der Waals surface area (Å²) in [7, 11) is 0. The summed E-state index contributed by atoms with van der Waals surface area (Å²) in [6.07, 6.45) is 0. The highest BCUT2D eigenvalue weighted by Gasteiger charge is 2.71. The standard InChI is InChI=1S/C15H10N4O6/c20-13-15(11-7-3-1-4-8-11,12-9-5-2-6-10-12)17(19(24)25)14(21)16(13)18(22)23/h1-10H. The third-order valence-corrected chi connectivity index (χ3v) is 3.89. The van der Waals surface area contributed by atoms with E-state index in [0.29, 0.717) is 0 Å². The number of amides is 3. The largest absolute Gasteiger partial charge is 0.446 e. The monoisotopic (exact) mass is 342 g/mol. The van der Waals surface area contributed by atoms with Crippen LogP contribution in [0.25, 0.3) is 0 Å². The molecule has 1 aliphatic heterocycles. The van der Waals surface area contributed by atoms with Crippen molar-refractivity contribution in [2.75, 3.05) is 0 Å². The van der Waals surface area contributed by atoms with E-state index in [1.54, 1.807) is 12.1 Å². The molecule has 10 nitrogen and oxygen atoms in total. The molecule has 0 unspecified atom stereocenters. The Morgan fingerprint density at radius 2 is 1.20 bits per heavy atom. The summed E-state index contributed by atoms with van der Waals surface area (Å²) in [6.45, 7) is 0. The molecule has 0 spiro atoms. The van der Waals surface area contributed by atoms with Crippen molar-refractivity contribution in [2.24, 2.45) is 0 Å². The number of hydrogen-bond donors (Lipinski definition) is 0. The van der Waals surface area contributed by atoms with Crippen LogP contribution in [0.5, 0.6) is 0 Å². The van der Waals surface area contributed by atoms with Crippen LogP contribution >= 0.6 is 0 Å². The minimum Gasteiger partial charge on any atom is -0.264 e. The summed E-state index contributed by atoms with van der Waals surface area (Å²) >= 11 is 0. The second kappa shape index (κ2) is 5.67. The van der Waals surface area contributed by atoms with E-state index in [9.17, 15) is 29.8 Å². The van der Waals surface area contributed by atoms with Crippen LogP contribution in [0.2, 0.25) is 0 Å². The smallest absolute Gasteiger partial charge is 0.264 e. The van der Waals surface area contributed by atoms with Crippen molar-refractivity contribution in [1.29, 1.82) is 0 Å². The predicted molar refractivity (Wildman–Crippen MR) is 81.7 cm³/mol. The summed E-state index contributed by atoms with van der Waals surface area (Å²) in [5.74, 6) is -1.32. The highest BCUT2D eigenvalue weighted by atomic mass is 16.7. The van der Waals surface area contributed by atoms with Gasteiger partial charge in [-0.05, 0) is 16.1 Å². The third-order valence-electron chi connectivity index (χ3n) is 3.89. The molecule has 3 rings (SSSR count). The number of nitro groups is 2. The Kier molecular flexibility index (Phi) is 3.64. The highest BCUT2D eigenvalue weighted by molar-refractivity contribution is 6.07. The highest BCUT2D eigenvalue weighted by Crippen LogP contribution is 2.43. The lowest BCUT2D eigenvalue weighted by Gasteiger charge is -2.27. The number of urea groups is 1. The van der Waals surface area contributed by atoms with Crippen molar-refractivity contribution in [1.82, 2.24) is 10.0 Å². The molecule has 0 aliphatic carbocycles. The first-order valence-corrected chi connectivity index (χ1v) is 7.00. The summed E-state index contributed by atoms with van der Waals surface area (Å²) in [4.78, 5) is 48.0. The van der Waals surface area contributed by atoms with Gasteiger partial charge in [0, 0.05) is 5.01 Å². The first-order chi connectivity index (χ1) is 11.9. The predicted octanol–water partition coefficient (Wildman–Crippen LogP) is 1.58. The van der Waals surface area contributed by atoms with Gasteiger partial charge in [-0.1, -0.05) is 60.7 Å². The summed E-state index contributed by atoms with van der Waals surface area (Å²) in [5, 5.41) is 20.1. The Hall–Kier alpha value is -3.82. The van der Waals surface area contributed by atoms with E-state index in [2.05, 4.69) is 0 Å². The van der Waals surface area contributed by atoms with Crippen LogP contribution in [0.4, 0.5) is 4.79 Å². The maximum absolute atomic E-state index is 12.9. The average Bonchev–Trinajstić information content (AvgIpc) is 2.84. The third kappa shape index (κ3) is 2.11. The fourth-order valence-corrected chi connectivity index (χ4v) is 2.92. The van der Waals surface area contributed by atoms with Gasteiger partial charge in [0.25, 0.3) is 0 Å². The van der Waals surface area contributed by atoms with Crippen LogP contribution in [0.1, 0.15) is 11.1 Å². The molecule has 0 atom stereocenters. The lowest BCUT2D eigenvalue weighted by molar-refractivity contribution is -0.653. The van der Waals surface area contributed by atoms with Gasteiger partial charge in [0.05, 0.1) is 0 Å². The van der Waals surface area contributed by atoms with E-state index in [0.717, 1.165) is 0 Å². The molecule has 1 saturated heterocycles. The van der Waals surface area contributed by atoms with Gasteiger partial charge < -0.3 is 0 Å². The number of imide groups is 1. The molecule has 0 saturated carbocycles. The van der Waals surface area contributed by atoms with E-state index in [1.165, 1.54) is 48.5 Å². The molecular formula is C15H10N4O6. The zero-order valence-corrected chi connectivity index (χ0v) is 12.5. The molecule has 0 bridgehead atoms. The van der Waals surface area contributed by atoms with E-state index in [4.69, 9.17) is 0 Å². The maximum atomic E-state index is 12.9. The van der Waals surface area contributed by atoms with Crippen LogP contribution in [0.15, 0.2) is 60.7 Å². The molecule has 25 heavy (non-hydrogen) atoms. The SMILES string of the molecule is O=C1N([N+](=O)[O-])C(=O)C(c2ccccc2)(c2ccccc2)N1[N+](=O)[O-]. The molecule has 2 aromatic rings. The fourth-order valence-electron chi connectivity index (χ4n) is 2.92. The van der Waals surface area contributed by atoms with Gasteiger partial charge in [-0.3, -0.25) is 4.79 Å². The lowest BCUT2D eigenvalue weighted by Crippen LogP contribution is -2.50. The summed E-state index contributed by atoms with van der Waals surface area (Å²) in [5.41, 5.74) is -2.13. The van der Waals surface area contributed by atoms with Gasteiger partial charge in [0.2, 0.25) is 5.54 Å². The van der Waals surface area contributed by atoms with Crippen LogP contribution in [0.3, 0.4) is 0 Å². The Balaban J connectivity index is 2.40. The molecular weight excluding hydrogens is 332 g/mol. The van der Waals surface area contributed by atoms with E-state index in [1.807, 2.05) is 0 Å². The minimum atomic E-state index is -2.27. The van der Waals surface area contributed by atoms with Gasteiger partial charge in [-0.25, -0.2) is 25.0 Å². The van der Waals surface area contributed by atoms with Crippen LogP contribution in [-0.4, -0.2) is 32.0 Å². The van der Waals surface area contributed by atoms with Crippen molar-refractivity contribution >= 4 is 11.9 Å². The van der Waals surface area contributed by atoms with Crippen LogP contribution in [-0.2, 0) is 10.3 Å². The molecule has 0 aromatic heterocycles. The zero-order valence-electron chi connectivity index (χ0n) is 12.5. The molecule has 126 valence electrons. The first-order valence-electron chi connectivity index (χ1n) is 7.00. The van der Waals surface area contributed by atoms with E-state index in [-0.39, 0.29) is 21.1 Å². The second-order valence-corrected chi connectivity index (χ2v) is 5.13. The average molecular weight is 342 g/mol. The first kappa shape index (κ1) is 16.1. The molecule has 1 aliphatic rings.